The standard InChI is InChI=1S/C13H19NO2/c1-3-11(9-14-10(2)13(15)16)12-7-5-4-6-8-12/h4-8,10-11,14H,3,9H2,1-2H3,(H,15,16). The van der Waals surface area contributed by atoms with Gasteiger partial charge < -0.3 is 10.4 Å². The molecular formula is C13H19NO2. The summed E-state index contributed by atoms with van der Waals surface area (Å²) in [5.74, 6) is -0.425. The van der Waals surface area contributed by atoms with Gasteiger partial charge in [-0.25, -0.2) is 0 Å². The molecule has 0 amide bonds. The van der Waals surface area contributed by atoms with Crippen molar-refractivity contribution < 1.29 is 9.90 Å². The molecule has 1 rings (SSSR count). The van der Waals surface area contributed by atoms with Crippen LogP contribution in [0.3, 0.4) is 0 Å². The summed E-state index contributed by atoms with van der Waals surface area (Å²) in [6.07, 6.45) is 1.00. The molecule has 0 fully saturated rings. The van der Waals surface area contributed by atoms with Gasteiger partial charge in [0.15, 0.2) is 0 Å². The van der Waals surface area contributed by atoms with Crippen molar-refractivity contribution in [3.8, 4) is 0 Å². The Kier molecular flexibility index (Phi) is 4.99. The first-order chi connectivity index (χ1) is 7.65. The predicted molar refractivity (Wildman–Crippen MR) is 64.6 cm³/mol. The zero-order chi connectivity index (χ0) is 12.0. The molecule has 1 aromatic rings. The van der Waals surface area contributed by atoms with Crippen LogP contribution in [0, 0.1) is 0 Å². The van der Waals surface area contributed by atoms with Crippen LogP contribution in [0.25, 0.3) is 0 Å². The number of hydrogen-bond donors (Lipinski definition) is 2. The Hall–Kier alpha value is -1.35. The Morgan fingerprint density at radius 1 is 1.38 bits per heavy atom. The van der Waals surface area contributed by atoms with Crippen molar-refractivity contribution in [2.75, 3.05) is 6.54 Å². The second-order valence-corrected chi connectivity index (χ2v) is 3.98. The van der Waals surface area contributed by atoms with E-state index < -0.39 is 12.0 Å². The van der Waals surface area contributed by atoms with E-state index in [2.05, 4.69) is 24.4 Å². The summed E-state index contributed by atoms with van der Waals surface area (Å²) in [6, 6.07) is 9.70. The van der Waals surface area contributed by atoms with Crippen LogP contribution in [0.1, 0.15) is 31.7 Å². The summed E-state index contributed by atoms with van der Waals surface area (Å²) >= 11 is 0. The lowest BCUT2D eigenvalue weighted by atomic mass is 9.96. The van der Waals surface area contributed by atoms with Crippen LogP contribution in [0.2, 0.25) is 0 Å². The molecule has 0 aliphatic carbocycles. The first-order valence-electron chi connectivity index (χ1n) is 5.66. The van der Waals surface area contributed by atoms with Crippen LogP contribution in [0.15, 0.2) is 30.3 Å². The van der Waals surface area contributed by atoms with E-state index in [4.69, 9.17) is 5.11 Å². The van der Waals surface area contributed by atoms with Gasteiger partial charge in [0.1, 0.15) is 6.04 Å². The molecule has 0 heterocycles. The monoisotopic (exact) mass is 221 g/mol. The highest BCUT2D eigenvalue weighted by atomic mass is 16.4. The predicted octanol–water partition coefficient (Wildman–Crippen LogP) is 2.24. The molecule has 3 heteroatoms. The van der Waals surface area contributed by atoms with Crippen LogP contribution in [-0.2, 0) is 4.79 Å². The smallest absolute Gasteiger partial charge is 0.320 e. The Morgan fingerprint density at radius 2 is 2.00 bits per heavy atom. The van der Waals surface area contributed by atoms with Gasteiger partial charge in [-0.1, -0.05) is 37.3 Å². The maximum absolute atomic E-state index is 10.7. The second-order valence-electron chi connectivity index (χ2n) is 3.98. The summed E-state index contributed by atoms with van der Waals surface area (Å²) in [6.45, 7) is 4.48. The molecule has 0 aliphatic heterocycles. The van der Waals surface area contributed by atoms with Gasteiger partial charge >= 0.3 is 5.97 Å². The molecule has 1 aromatic carbocycles. The summed E-state index contributed by atoms with van der Waals surface area (Å²) in [5, 5.41) is 11.8. The molecule has 0 bridgehead atoms. The highest BCUT2D eigenvalue weighted by molar-refractivity contribution is 5.72. The first-order valence-corrected chi connectivity index (χ1v) is 5.66. The van der Waals surface area contributed by atoms with Crippen LogP contribution in [0.5, 0.6) is 0 Å². The number of rotatable bonds is 6. The molecule has 88 valence electrons. The maximum Gasteiger partial charge on any atom is 0.320 e. The van der Waals surface area contributed by atoms with Gasteiger partial charge in [-0.15, -0.1) is 0 Å². The van der Waals surface area contributed by atoms with E-state index in [1.54, 1.807) is 6.92 Å². The van der Waals surface area contributed by atoms with E-state index in [9.17, 15) is 4.79 Å². The summed E-state index contributed by atoms with van der Waals surface area (Å²) < 4.78 is 0. The molecular weight excluding hydrogens is 202 g/mol. The molecule has 2 atom stereocenters. The van der Waals surface area contributed by atoms with Crippen LogP contribution in [0.4, 0.5) is 0 Å². The quantitative estimate of drug-likeness (QED) is 0.774. The molecule has 0 saturated carbocycles. The summed E-state index contributed by atoms with van der Waals surface area (Å²) in [4.78, 5) is 10.7. The number of benzene rings is 1. The molecule has 0 spiro atoms. The summed E-state index contributed by atoms with van der Waals surface area (Å²) in [5.41, 5.74) is 1.26. The first kappa shape index (κ1) is 12.7. The van der Waals surface area contributed by atoms with Gasteiger partial charge in [0, 0.05) is 6.54 Å². The molecule has 2 N–H and O–H groups in total. The molecule has 2 unspecified atom stereocenters. The fourth-order valence-electron chi connectivity index (χ4n) is 1.63. The van der Waals surface area contributed by atoms with E-state index in [1.807, 2.05) is 18.2 Å². The van der Waals surface area contributed by atoms with Gasteiger partial charge in [0.2, 0.25) is 0 Å². The minimum absolute atomic E-state index is 0.378. The van der Waals surface area contributed by atoms with Crippen molar-refractivity contribution >= 4 is 5.97 Å². The Bertz CT molecular complexity index is 324. The van der Waals surface area contributed by atoms with Crippen molar-refractivity contribution in [1.29, 1.82) is 0 Å². The van der Waals surface area contributed by atoms with E-state index in [0.717, 1.165) is 6.42 Å². The minimum Gasteiger partial charge on any atom is -0.480 e. The molecule has 0 radical (unpaired) electrons. The lowest BCUT2D eigenvalue weighted by Crippen LogP contribution is -2.36. The van der Waals surface area contributed by atoms with Gasteiger partial charge in [0.25, 0.3) is 0 Å². The Balaban J connectivity index is 2.53. The largest absolute Gasteiger partial charge is 0.480 e. The van der Waals surface area contributed by atoms with E-state index >= 15 is 0 Å². The lowest BCUT2D eigenvalue weighted by Gasteiger charge is -2.18. The fourth-order valence-corrected chi connectivity index (χ4v) is 1.63. The topological polar surface area (TPSA) is 49.3 Å². The van der Waals surface area contributed by atoms with Crippen molar-refractivity contribution in [3.63, 3.8) is 0 Å². The average Bonchev–Trinajstić information content (AvgIpc) is 2.30. The summed E-state index contributed by atoms with van der Waals surface area (Å²) in [7, 11) is 0. The average molecular weight is 221 g/mol. The number of carbonyl (C=O) groups is 1. The molecule has 0 saturated heterocycles. The van der Waals surface area contributed by atoms with Crippen LogP contribution < -0.4 is 5.32 Å². The van der Waals surface area contributed by atoms with Crippen LogP contribution >= 0.6 is 0 Å². The maximum atomic E-state index is 10.7. The second kappa shape index (κ2) is 6.28. The zero-order valence-electron chi connectivity index (χ0n) is 9.81. The number of aliphatic carboxylic acids is 1. The van der Waals surface area contributed by atoms with Crippen LogP contribution in [-0.4, -0.2) is 23.7 Å². The number of hydrogen-bond acceptors (Lipinski definition) is 2. The van der Waals surface area contributed by atoms with E-state index in [1.165, 1.54) is 5.56 Å². The van der Waals surface area contributed by atoms with Gasteiger partial charge in [-0.3, -0.25) is 4.79 Å². The SMILES string of the molecule is CCC(CNC(C)C(=O)O)c1ccccc1. The van der Waals surface area contributed by atoms with Crippen molar-refractivity contribution in [3.05, 3.63) is 35.9 Å². The molecule has 16 heavy (non-hydrogen) atoms. The third-order valence-corrected chi connectivity index (χ3v) is 2.80. The lowest BCUT2D eigenvalue weighted by molar-refractivity contribution is -0.139. The third kappa shape index (κ3) is 3.66. The fraction of sp³-hybridized carbons (Fsp3) is 0.462. The third-order valence-electron chi connectivity index (χ3n) is 2.80. The Morgan fingerprint density at radius 3 is 2.50 bits per heavy atom. The van der Waals surface area contributed by atoms with Crippen molar-refractivity contribution in [2.24, 2.45) is 0 Å². The number of nitrogens with one attached hydrogen (secondary N) is 1. The number of carboxylic acid groups (broad SMARTS) is 1. The number of carboxylic acids is 1. The molecule has 3 nitrogen and oxygen atoms in total. The van der Waals surface area contributed by atoms with Gasteiger partial charge in [0.05, 0.1) is 0 Å². The molecule has 0 aliphatic rings. The van der Waals surface area contributed by atoms with Crippen molar-refractivity contribution in [1.82, 2.24) is 5.32 Å². The van der Waals surface area contributed by atoms with Gasteiger partial charge in [-0.2, -0.15) is 0 Å². The normalized spacial score (nSPS) is 14.4. The highest BCUT2D eigenvalue weighted by Gasteiger charge is 2.13. The highest BCUT2D eigenvalue weighted by Crippen LogP contribution is 2.17. The van der Waals surface area contributed by atoms with Crippen molar-refractivity contribution in [2.45, 2.75) is 32.2 Å². The van der Waals surface area contributed by atoms with Gasteiger partial charge in [-0.05, 0) is 24.8 Å². The van der Waals surface area contributed by atoms with E-state index in [-0.39, 0.29) is 0 Å². The molecule has 0 aromatic heterocycles. The zero-order valence-corrected chi connectivity index (χ0v) is 9.81. The Labute approximate surface area is 96.5 Å². The minimum atomic E-state index is -0.803. The van der Waals surface area contributed by atoms with E-state index in [0.29, 0.717) is 12.5 Å².